The van der Waals surface area contributed by atoms with Crippen molar-refractivity contribution in [3.05, 3.63) is 46.8 Å². The molecule has 0 spiro atoms. The van der Waals surface area contributed by atoms with Crippen LogP contribution in [0, 0.1) is 5.92 Å². The molecule has 1 aliphatic heterocycles. The van der Waals surface area contributed by atoms with Gasteiger partial charge in [-0.25, -0.2) is 0 Å². The van der Waals surface area contributed by atoms with Crippen LogP contribution in [0.1, 0.15) is 20.0 Å². The molecule has 2 atom stereocenters. The lowest BCUT2D eigenvalue weighted by molar-refractivity contribution is 0.0930. The molecule has 0 aliphatic carbocycles. The third kappa shape index (κ3) is 5.43. The number of carbonyl (C=O) groups excluding carboxylic acids is 2. The van der Waals surface area contributed by atoms with E-state index in [1.54, 1.807) is 43.5 Å². The number of anilines is 1. The van der Waals surface area contributed by atoms with Crippen molar-refractivity contribution >= 4 is 40.6 Å². The number of nitrogens with one attached hydrogen (secondary N) is 3. The molecule has 1 fully saturated rings. The summed E-state index contributed by atoms with van der Waals surface area (Å²) < 4.78 is 5.07. The van der Waals surface area contributed by atoms with Crippen LogP contribution in [-0.4, -0.2) is 49.8 Å². The number of β-amino-alcohol motifs (C(OH)–C–C–N with tert-alkyl or cyclic N) is 1. The van der Waals surface area contributed by atoms with E-state index in [1.165, 1.54) is 11.3 Å². The molecular formula is C18H22ClN3O4S. The maximum Gasteiger partial charge on any atom is 0.261 e. The van der Waals surface area contributed by atoms with Gasteiger partial charge in [-0.15, -0.1) is 23.7 Å². The molecule has 146 valence electrons. The Bertz CT molecular complexity index is 781. The molecule has 0 bridgehead atoms. The number of hydrogen-bond donors (Lipinski definition) is 4. The predicted molar refractivity (Wildman–Crippen MR) is 107 cm³/mol. The SMILES string of the molecule is COc1ccc(C(=O)Nc2ccc(C(=O)NCC3CNCC3O)s2)cc1.Cl. The fourth-order valence-electron chi connectivity index (χ4n) is 2.69. The molecule has 2 aromatic rings. The molecule has 2 heterocycles. The van der Waals surface area contributed by atoms with E-state index in [-0.39, 0.29) is 30.1 Å². The van der Waals surface area contributed by atoms with Crippen molar-refractivity contribution < 1.29 is 19.4 Å². The van der Waals surface area contributed by atoms with Gasteiger partial charge in [0.25, 0.3) is 11.8 Å². The highest BCUT2D eigenvalue weighted by atomic mass is 35.5. The Morgan fingerprint density at radius 2 is 1.93 bits per heavy atom. The first-order chi connectivity index (χ1) is 12.6. The van der Waals surface area contributed by atoms with Gasteiger partial charge in [-0.3, -0.25) is 9.59 Å². The summed E-state index contributed by atoms with van der Waals surface area (Å²) in [6, 6.07) is 10.2. The highest BCUT2D eigenvalue weighted by Gasteiger charge is 2.25. The van der Waals surface area contributed by atoms with Crippen LogP contribution in [0.2, 0.25) is 0 Å². The zero-order valence-electron chi connectivity index (χ0n) is 14.7. The topological polar surface area (TPSA) is 99.7 Å². The van der Waals surface area contributed by atoms with Crippen LogP contribution in [0.3, 0.4) is 0 Å². The van der Waals surface area contributed by atoms with Gasteiger partial charge in [0.05, 0.1) is 23.1 Å². The summed E-state index contributed by atoms with van der Waals surface area (Å²) in [5.41, 5.74) is 0.507. The third-order valence-electron chi connectivity index (χ3n) is 4.25. The second kappa shape index (κ2) is 9.70. The molecule has 4 N–H and O–H groups in total. The van der Waals surface area contributed by atoms with Crippen molar-refractivity contribution in [2.75, 3.05) is 32.1 Å². The Balaban J connectivity index is 0.00000261. The molecule has 7 nitrogen and oxygen atoms in total. The lowest BCUT2D eigenvalue weighted by atomic mass is 10.1. The minimum Gasteiger partial charge on any atom is -0.497 e. The number of hydrogen-bond acceptors (Lipinski definition) is 6. The molecule has 0 radical (unpaired) electrons. The van der Waals surface area contributed by atoms with Crippen molar-refractivity contribution in [2.24, 2.45) is 5.92 Å². The molecule has 1 aliphatic rings. The fourth-order valence-corrected chi connectivity index (χ4v) is 3.51. The molecule has 2 unspecified atom stereocenters. The third-order valence-corrected chi connectivity index (χ3v) is 5.25. The number of benzene rings is 1. The quantitative estimate of drug-likeness (QED) is 0.580. The molecular weight excluding hydrogens is 390 g/mol. The second-order valence-electron chi connectivity index (χ2n) is 6.04. The first kappa shape index (κ1) is 21.2. The van der Waals surface area contributed by atoms with Gasteiger partial charge in [-0.2, -0.15) is 0 Å². The van der Waals surface area contributed by atoms with Crippen LogP contribution in [-0.2, 0) is 0 Å². The van der Waals surface area contributed by atoms with Crippen LogP contribution >= 0.6 is 23.7 Å². The average molecular weight is 412 g/mol. The highest BCUT2D eigenvalue weighted by Crippen LogP contribution is 2.23. The monoisotopic (exact) mass is 411 g/mol. The molecule has 0 saturated carbocycles. The molecule has 9 heteroatoms. The lowest BCUT2D eigenvalue weighted by Gasteiger charge is -2.13. The van der Waals surface area contributed by atoms with Crippen LogP contribution in [0.4, 0.5) is 5.00 Å². The van der Waals surface area contributed by atoms with Gasteiger partial charge in [0, 0.05) is 31.1 Å². The zero-order chi connectivity index (χ0) is 18.5. The van der Waals surface area contributed by atoms with E-state index in [9.17, 15) is 14.7 Å². The van der Waals surface area contributed by atoms with Gasteiger partial charge < -0.3 is 25.8 Å². The van der Waals surface area contributed by atoms with Gasteiger partial charge in [-0.05, 0) is 36.4 Å². The van der Waals surface area contributed by atoms with E-state index in [1.807, 2.05) is 0 Å². The Morgan fingerprint density at radius 1 is 1.19 bits per heavy atom. The Kier molecular flexibility index (Phi) is 7.61. The number of aliphatic hydroxyl groups excluding tert-OH is 1. The molecule has 3 rings (SSSR count). The largest absolute Gasteiger partial charge is 0.497 e. The molecule has 1 saturated heterocycles. The fraction of sp³-hybridized carbons (Fsp3) is 0.333. The van der Waals surface area contributed by atoms with Crippen molar-refractivity contribution in [2.45, 2.75) is 6.10 Å². The number of aliphatic hydroxyl groups is 1. The summed E-state index contributed by atoms with van der Waals surface area (Å²) in [5, 5.41) is 19.0. The summed E-state index contributed by atoms with van der Waals surface area (Å²) in [6.07, 6.45) is -0.432. The van der Waals surface area contributed by atoms with Gasteiger partial charge in [-0.1, -0.05) is 0 Å². The summed E-state index contributed by atoms with van der Waals surface area (Å²) in [4.78, 5) is 25.0. The first-order valence-electron chi connectivity index (χ1n) is 8.29. The first-order valence-corrected chi connectivity index (χ1v) is 9.10. The van der Waals surface area contributed by atoms with Crippen LogP contribution in [0.15, 0.2) is 36.4 Å². The van der Waals surface area contributed by atoms with Crippen molar-refractivity contribution in [1.29, 1.82) is 0 Å². The summed E-state index contributed by atoms with van der Waals surface area (Å²) in [6.45, 7) is 1.66. The van der Waals surface area contributed by atoms with Crippen LogP contribution in [0.25, 0.3) is 0 Å². The van der Waals surface area contributed by atoms with E-state index >= 15 is 0 Å². The average Bonchev–Trinajstić information content (AvgIpc) is 3.28. The predicted octanol–water partition coefficient (Wildman–Crippen LogP) is 1.74. The van der Waals surface area contributed by atoms with Gasteiger partial charge in [0.15, 0.2) is 0 Å². The Labute approximate surface area is 167 Å². The van der Waals surface area contributed by atoms with Gasteiger partial charge in [0.2, 0.25) is 0 Å². The Hall–Kier alpha value is -2.13. The minimum atomic E-state index is -0.432. The maximum atomic E-state index is 12.2. The summed E-state index contributed by atoms with van der Waals surface area (Å²) in [5.74, 6) is 0.244. The van der Waals surface area contributed by atoms with E-state index in [4.69, 9.17) is 4.74 Å². The molecule has 27 heavy (non-hydrogen) atoms. The number of rotatable bonds is 6. The van der Waals surface area contributed by atoms with Crippen LogP contribution < -0.4 is 20.7 Å². The molecule has 1 aromatic carbocycles. The second-order valence-corrected chi connectivity index (χ2v) is 7.13. The van der Waals surface area contributed by atoms with E-state index in [0.29, 0.717) is 40.8 Å². The highest BCUT2D eigenvalue weighted by molar-refractivity contribution is 7.18. The van der Waals surface area contributed by atoms with Crippen molar-refractivity contribution in [1.82, 2.24) is 10.6 Å². The number of halogens is 1. The Morgan fingerprint density at radius 3 is 2.56 bits per heavy atom. The number of thiophene rings is 1. The van der Waals surface area contributed by atoms with Gasteiger partial charge >= 0.3 is 0 Å². The minimum absolute atomic E-state index is 0. The zero-order valence-corrected chi connectivity index (χ0v) is 16.4. The molecule has 1 aromatic heterocycles. The number of carbonyl (C=O) groups is 2. The lowest BCUT2D eigenvalue weighted by Crippen LogP contribution is -2.34. The molecule has 2 amide bonds. The summed E-state index contributed by atoms with van der Waals surface area (Å²) in [7, 11) is 1.57. The van der Waals surface area contributed by atoms with Gasteiger partial charge in [0.1, 0.15) is 5.75 Å². The van der Waals surface area contributed by atoms with E-state index < -0.39 is 6.10 Å². The van der Waals surface area contributed by atoms with E-state index in [2.05, 4.69) is 16.0 Å². The number of methoxy groups -OCH3 is 1. The normalized spacial score (nSPS) is 18.4. The smallest absolute Gasteiger partial charge is 0.261 e. The van der Waals surface area contributed by atoms with Crippen molar-refractivity contribution in [3.63, 3.8) is 0 Å². The summed E-state index contributed by atoms with van der Waals surface area (Å²) >= 11 is 1.21. The van der Waals surface area contributed by atoms with Crippen molar-refractivity contribution in [3.8, 4) is 5.75 Å². The maximum absolute atomic E-state index is 12.2. The van der Waals surface area contributed by atoms with E-state index in [0.717, 1.165) is 0 Å². The van der Waals surface area contributed by atoms with Crippen LogP contribution in [0.5, 0.6) is 5.75 Å². The standard InChI is InChI=1S/C18H21N3O4S.ClH/c1-25-13-4-2-11(3-5-13)17(23)21-16-7-6-15(26-16)18(24)20-9-12-8-19-10-14(12)22;/h2-7,12,14,19,22H,8-10H2,1H3,(H,20,24)(H,21,23);1H. The number of ether oxygens (including phenoxy) is 1. The number of amides is 2.